The Kier molecular flexibility index (Phi) is 3.94. The molecule has 2 rings (SSSR count). The molecular formula is C14H14N4O. The van der Waals surface area contributed by atoms with Crippen LogP contribution in [0.15, 0.2) is 36.7 Å². The Morgan fingerprint density at radius 3 is 2.79 bits per heavy atom. The van der Waals surface area contributed by atoms with Gasteiger partial charge in [-0.1, -0.05) is 12.1 Å². The molecule has 1 heterocycles. The zero-order chi connectivity index (χ0) is 13.7. The van der Waals surface area contributed by atoms with Gasteiger partial charge in [0.1, 0.15) is 17.6 Å². The molecule has 96 valence electrons. The van der Waals surface area contributed by atoms with Gasteiger partial charge in [-0.2, -0.15) is 5.26 Å². The van der Waals surface area contributed by atoms with Crippen molar-refractivity contribution in [2.24, 2.45) is 0 Å². The highest BCUT2D eigenvalue weighted by molar-refractivity contribution is 5.38. The number of nitriles is 1. The predicted octanol–water partition coefficient (Wildman–Crippen LogP) is 1.99. The summed E-state index contributed by atoms with van der Waals surface area (Å²) < 4.78 is 5.19. The van der Waals surface area contributed by atoms with Crippen LogP contribution in [0.3, 0.4) is 0 Å². The van der Waals surface area contributed by atoms with E-state index in [4.69, 9.17) is 10.00 Å². The Labute approximate surface area is 112 Å². The van der Waals surface area contributed by atoms with Crippen molar-refractivity contribution in [3.63, 3.8) is 0 Å². The van der Waals surface area contributed by atoms with Gasteiger partial charge in [0.2, 0.25) is 0 Å². The van der Waals surface area contributed by atoms with Crippen molar-refractivity contribution in [1.82, 2.24) is 9.97 Å². The first-order valence-electron chi connectivity index (χ1n) is 5.79. The number of nitrogens with zero attached hydrogens (tertiary/aromatic N) is 4. The van der Waals surface area contributed by atoms with Crippen molar-refractivity contribution in [2.45, 2.75) is 6.54 Å². The van der Waals surface area contributed by atoms with E-state index in [1.807, 2.05) is 42.3 Å². The number of methoxy groups -OCH3 is 1. The SMILES string of the molecule is COc1cccc(CN(C)c2cnc(C#N)cn2)c1. The number of hydrogen-bond acceptors (Lipinski definition) is 5. The van der Waals surface area contributed by atoms with Gasteiger partial charge in [0.05, 0.1) is 19.5 Å². The molecule has 5 heteroatoms. The van der Waals surface area contributed by atoms with Crippen LogP contribution in [0.25, 0.3) is 0 Å². The molecule has 19 heavy (non-hydrogen) atoms. The maximum Gasteiger partial charge on any atom is 0.158 e. The lowest BCUT2D eigenvalue weighted by atomic mass is 10.2. The number of anilines is 1. The largest absolute Gasteiger partial charge is 0.497 e. The van der Waals surface area contributed by atoms with E-state index in [1.165, 1.54) is 6.20 Å². The van der Waals surface area contributed by atoms with Crippen LogP contribution in [0.1, 0.15) is 11.3 Å². The minimum Gasteiger partial charge on any atom is -0.497 e. The van der Waals surface area contributed by atoms with E-state index in [2.05, 4.69) is 9.97 Å². The van der Waals surface area contributed by atoms with Gasteiger partial charge in [-0.3, -0.25) is 0 Å². The van der Waals surface area contributed by atoms with Crippen molar-refractivity contribution in [2.75, 3.05) is 19.1 Å². The number of benzene rings is 1. The van der Waals surface area contributed by atoms with E-state index in [-0.39, 0.29) is 0 Å². The number of ether oxygens (including phenoxy) is 1. The van der Waals surface area contributed by atoms with Crippen molar-refractivity contribution >= 4 is 5.82 Å². The van der Waals surface area contributed by atoms with E-state index >= 15 is 0 Å². The molecule has 0 spiro atoms. The maximum atomic E-state index is 8.68. The van der Waals surface area contributed by atoms with E-state index in [9.17, 15) is 0 Å². The van der Waals surface area contributed by atoms with E-state index < -0.39 is 0 Å². The molecule has 0 fully saturated rings. The van der Waals surface area contributed by atoms with Crippen molar-refractivity contribution in [3.8, 4) is 11.8 Å². The molecule has 0 atom stereocenters. The van der Waals surface area contributed by atoms with Gasteiger partial charge < -0.3 is 9.64 Å². The van der Waals surface area contributed by atoms with Crippen LogP contribution in [-0.4, -0.2) is 24.1 Å². The zero-order valence-corrected chi connectivity index (χ0v) is 10.9. The lowest BCUT2D eigenvalue weighted by molar-refractivity contribution is 0.414. The Balaban J connectivity index is 2.11. The number of aromatic nitrogens is 2. The summed E-state index contributed by atoms with van der Waals surface area (Å²) in [5.41, 5.74) is 1.44. The van der Waals surface area contributed by atoms with Crippen LogP contribution in [0.5, 0.6) is 5.75 Å². The normalized spacial score (nSPS) is 9.74. The first-order chi connectivity index (χ1) is 9.22. The van der Waals surface area contributed by atoms with Crippen LogP contribution in [0.2, 0.25) is 0 Å². The second kappa shape index (κ2) is 5.83. The first kappa shape index (κ1) is 12.8. The van der Waals surface area contributed by atoms with Gasteiger partial charge in [0.25, 0.3) is 0 Å². The molecule has 1 aromatic heterocycles. The molecule has 2 aromatic rings. The highest BCUT2D eigenvalue weighted by Crippen LogP contribution is 2.16. The maximum absolute atomic E-state index is 8.68. The van der Waals surface area contributed by atoms with E-state index in [0.29, 0.717) is 12.2 Å². The van der Waals surface area contributed by atoms with Crippen LogP contribution in [-0.2, 0) is 6.54 Å². The Morgan fingerprint density at radius 1 is 1.32 bits per heavy atom. The van der Waals surface area contributed by atoms with Crippen molar-refractivity contribution < 1.29 is 4.74 Å². The lowest BCUT2D eigenvalue weighted by Gasteiger charge is -2.17. The summed E-state index contributed by atoms with van der Waals surface area (Å²) in [6, 6.07) is 9.81. The number of hydrogen-bond donors (Lipinski definition) is 0. The van der Waals surface area contributed by atoms with E-state index in [1.54, 1.807) is 13.3 Å². The van der Waals surface area contributed by atoms with Gasteiger partial charge in [0.15, 0.2) is 5.69 Å². The van der Waals surface area contributed by atoms with Gasteiger partial charge in [-0.05, 0) is 17.7 Å². The van der Waals surface area contributed by atoms with Crippen LogP contribution in [0.4, 0.5) is 5.82 Å². The Morgan fingerprint density at radius 2 is 2.16 bits per heavy atom. The molecule has 0 bridgehead atoms. The summed E-state index contributed by atoms with van der Waals surface area (Å²) in [5, 5.41) is 8.68. The zero-order valence-electron chi connectivity index (χ0n) is 10.9. The van der Waals surface area contributed by atoms with Crippen LogP contribution in [0, 0.1) is 11.3 Å². The van der Waals surface area contributed by atoms with Gasteiger partial charge in [-0.25, -0.2) is 9.97 Å². The van der Waals surface area contributed by atoms with Crippen LogP contribution >= 0.6 is 0 Å². The molecule has 5 nitrogen and oxygen atoms in total. The minimum absolute atomic E-state index is 0.318. The fourth-order valence-electron chi connectivity index (χ4n) is 1.70. The molecule has 0 aliphatic rings. The average Bonchev–Trinajstić information content (AvgIpc) is 2.47. The smallest absolute Gasteiger partial charge is 0.158 e. The summed E-state index contributed by atoms with van der Waals surface area (Å²) >= 11 is 0. The molecule has 0 aliphatic heterocycles. The molecule has 0 amide bonds. The molecule has 0 aliphatic carbocycles. The molecule has 0 saturated carbocycles. The highest BCUT2D eigenvalue weighted by atomic mass is 16.5. The Hall–Kier alpha value is -2.61. The van der Waals surface area contributed by atoms with Gasteiger partial charge >= 0.3 is 0 Å². The first-order valence-corrected chi connectivity index (χ1v) is 5.79. The molecule has 0 N–H and O–H groups in total. The Bertz CT molecular complexity index is 589. The van der Waals surface area contributed by atoms with Gasteiger partial charge in [0, 0.05) is 13.6 Å². The van der Waals surface area contributed by atoms with Crippen molar-refractivity contribution in [3.05, 3.63) is 47.9 Å². The fourth-order valence-corrected chi connectivity index (χ4v) is 1.70. The fraction of sp³-hybridized carbons (Fsp3) is 0.214. The van der Waals surface area contributed by atoms with E-state index in [0.717, 1.165) is 17.1 Å². The predicted molar refractivity (Wildman–Crippen MR) is 71.8 cm³/mol. The molecule has 0 unspecified atom stereocenters. The monoisotopic (exact) mass is 254 g/mol. The van der Waals surface area contributed by atoms with Gasteiger partial charge in [-0.15, -0.1) is 0 Å². The summed E-state index contributed by atoms with van der Waals surface area (Å²) in [7, 11) is 3.57. The molecule has 0 radical (unpaired) electrons. The summed E-state index contributed by atoms with van der Waals surface area (Å²) in [6.07, 6.45) is 3.07. The third-order valence-corrected chi connectivity index (χ3v) is 2.70. The van der Waals surface area contributed by atoms with Crippen LogP contribution < -0.4 is 9.64 Å². The third kappa shape index (κ3) is 3.19. The lowest BCUT2D eigenvalue weighted by Crippen LogP contribution is -2.18. The molecule has 0 saturated heterocycles. The topological polar surface area (TPSA) is 62.0 Å². The standard InChI is InChI=1S/C14H14N4O/c1-18(14-9-16-12(7-15)8-17-14)10-11-4-3-5-13(6-11)19-2/h3-6,8-9H,10H2,1-2H3. The molecule has 1 aromatic carbocycles. The van der Waals surface area contributed by atoms with Crippen molar-refractivity contribution in [1.29, 1.82) is 5.26 Å². The second-order valence-corrected chi connectivity index (χ2v) is 4.08. The highest BCUT2D eigenvalue weighted by Gasteiger charge is 2.05. The second-order valence-electron chi connectivity index (χ2n) is 4.08. The summed E-state index contributed by atoms with van der Waals surface area (Å²) in [6.45, 7) is 0.692. The minimum atomic E-state index is 0.318. The molecular weight excluding hydrogens is 240 g/mol. The summed E-state index contributed by atoms with van der Waals surface area (Å²) in [5.74, 6) is 1.55. The average molecular weight is 254 g/mol. The summed E-state index contributed by atoms with van der Waals surface area (Å²) in [4.78, 5) is 10.2. The number of rotatable bonds is 4. The third-order valence-electron chi connectivity index (χ3n) is 2.70. The quantitative estimate of drug-likeness (QED) is 0.835.